The molecule has 15 heavy (non-hydrogen) atoms. The van der Waals surface area contributed by atoms with E-state index in [4.69, 9.17) is 16.7 Å². The Balaban J connectivity index is 2.56. The summed E-state index contributed by atoms with van der Waals surface area (Å²) in [5, 5.41) is 14.9. The molecular weight excluding hydrogens is 236 g/mol. The van der Waals surface area contributed by atoms with Crippen molar-refractivity contribution in [2.75, 3.05) is 0 Å². The monoisotopic (exact) mass is 242 g/mol. The third-order valence-electron chi connectivity index (χ3n) is 1.90. The second-order valence-electron chi connectivity index (χ2n) is 3.01. The average molecular weight is 243 g/mol. The van der Waals surface area contributed by atoms with Crippen molar-refractivity contribution in [2.45, 2.75) is 0 Å². The zero-order valence-corrected chi connectivity index (χ0v) is 9.34. The van der Waals surface area contributed by atoms with Gasteiger partial charge in [-0.1, -0.05) is 11.6 Å². The molecule has 2 rings (SSSR count). The van der Waals surface area contributed by atoms with Crippen LogP contribution in [0.5, 0.6) is 0 Å². The van der Waals surface area contributed by atoms with Crippen LogP contribution in [0.2, 0.25) is 4.34 Å². The van der Waals surface area contributed by atoms with Crippen molar-refractivity contribution in [2.24, 2.45) is 7.05 Å². The first-order valence-corrected chi connectivity index (χ1v) is 5.35. The first-order chi connectivity index (χ1) is 7.08. The molecule has 2 aromatic heterocycles. The molecule has 2 heterocycles. The molecule has 0 aliphatic heterocycles. The first-order valence-electron chi connectivity index (χ1n) is 4.09. The number of aromatic nitrogens is 2. The van der Waals surface area contributed by atoms with Gasteiger partial charge < -0.3 is 5.11 Å². The molecule has 0 amide bonds. The Labute approximate surface area is 94.7 Å². The highest BCUT2D eigenvalue weighted by molar-refractivity contribution is 7.14. The van der Waals surface area contributed by atoms with Gasteiger partial charge in [-0.2, -0.15) is 5.10 Å². The second kappa shape index (κ2) is 3.67. The van der Waals surface area contributed by atoms with Gasteiger partial charge in [0.15, 0.2) is 0 Å². The molecule has 0 aliphatic carbocycles. The standard InChI is InChI=1S/C9H7ClN2O2S/c1-12-3-6(9(13)14)8(11-12)5-2-7(10)15-4-5/h2-4H,1H3,(H,13,14). The maximum Gasteiger partial charge on any atom is 0.339 e. The maximum absolute atomic E-state index is 10.9. The van der Waals surface area contributed by atoms with Crippen LogP contribution >= 0.6 is 22.9 Å². The van der Waals surface area contributed by atoms with Crippen molar-refractivity contribution < 1.29 is 9.90 Å². The fourth-order valence-corrected chi connectivity index (χ4v) is 2.16. The van der Waals surface area contributed by atoms with Gasteiger partial charge in [0.25, 0.3) is 0 Å². The lowest BCUT2D eigenvalue weighted by Gasteiger charge is -1.92. The minimum atomic E-state index is -0.986. The summed E-state index contributed by atoms with van der Waals surface area (Å²) < 4.78 is 2.09. The quantitative estimate of drug-likeness (QED) is 0.880. The molecule has 0 saturated carbocycles. The number of aromatic carboxylic acids is 1. The fourth-order valence-electron chi connectivity index (χ4n) is 1.29. The van der Waals surface area contributed by atoms with Gasteiger partial charge in [0, 0.05) is 24.2 Å². The lowest BCUT2D eigenvalue weighted by atomic mass is 10.1. The number of hydrogen-bond donors (Lipinski definition) is 1. The van der Waals surface area contributed by atoms with Gasteiger partial charge in [-0.15, -0.1) is 11.3 Å². The topological polar surface area (TPSA) is 55.1 Å². The van der Waals surface area contributed by atoms with Crippen LogP contribution in [0.4, 0.5) is 0 Å². The van der Waals surface area contributed by atoms with Gasteiger partial charge >= 0.3 is 5.97 Å². The Morgan fingerprint density at radius 3 is 2.93 bits per heavy atom. The van der Waals surface area contributed by atoms with Crippen molar-refractivity contribution in [3.05, 3.63) is 27.5 Å². The highest BCUT2D eigenvalue weighted by Gasteiger charge is 2.16. The largest absolute Gasteiger partial charge is 0.478 e. The number of nitrogens with zero attached hydrogens (tertiary/aromatic N) is 2. The number of hydrogen-bond acceptors (Lipinski definition) is 3. The zero-order valence-electron chi connectivity index (χ0n) is 7.77. The van der Waals surface area contributed by atoms with Crippen LogP contribution in [0, 0.1) is 0 Å². The van der Waals surface area contributed by atoms with E-state index in [9.17, 15) is 4.79 Å². The molecule has 2 aromatic rings. The predicted octanol–water partition coefficient (Wildman–Crippen LogP) is 2.50. The highest BCUT2D eigenvalue weighted by Crippen LogP contribution is 2.29. The van der Waals surface area contributed by atoms with Gasteiger partial charge in [-0.05, 0) is 6.07 Å². The predicted molar refractivity (Wildman–Crippen MR) is 58.5 cm³/mol. The molecule has 4 nitrogen and oxygen atoms in total. The van der Waals surface area contributed by atoms with Crippen LogP contribution in [0.1, 0.15) is 10.4 Å². The fraction of sp³-hybridized carbons (Fsp3) is 0.111. The van der Waals surface area contributed by atoms with Gasteiger partial charge in [0.05, 0.1) is 4.34 Å². The van der Waals surface area contributed by atoms with Crippen molar-refractivity contribution in [1.29, 1.82) is 0 Å². The van der Waals surface area contributed by atoms with E-state index < -0.39 is 5.97 Å². The van der Waals surface area contributed by atoms with Crippen LogP contribution in [-0.2, 0) is 7.05 Å². The maximum atomic E-state index is 10.9. The zero-order chi connectivity index (χ0) is 11.0. The molecule has 78 valence electrons. The summed E-state index contributed by atoms with van der Waals surface area (Å²) >= 11 is 7.14. The van der Waals surface area contributed by atoms with Crippen molar-refractivity contribution >= 4 is 28.9 Å². The third kappa shape index (κ3) is 1.88. The van der Waals surface area contributed by atoms with E-state index in [1.54, 1.807) is 18.5 Å². The van der Waals surface area contributed by atoms with E-state index in [2.05, 4.69) is 5.10 Å². The number of carbonyl (C=O) groups is 1. The number of aryl methyl sites for hydroxylation is 1. The minimum absolute atomic E-state index is 0.187. The molecule has 0 saturated heterocycles. The van der Waals surface area contributed by atoms with Gasteiger partial charge in [-0.3, -0.25) is 4.68 Å². The number of carboxylic acids is 1. The van der Waals surface area contributed by atoms with E-state index in [1.165, 1.54) is 22.2 Å². The molecule has 1 N–H and O–H groups in total. The Kier molecular flexibility index (Phi) is 2.50. The van der Waals surface area contributed by atoms with E-state index in [0.717, 1.165) is 5.56 Å². The van der Waals surface area contributed by atoms with E-state index in [-0.39, 0.29) is 5.56 Å². The van der Waals surface area contributed by atoms with Gasteiger partial charge in [-0.25, -0.2) is 4.79 Å². The highest BCUT2D eigenvalue weighted by atomic mass is 35.5. The summed E-state index contributed by atoms with van der Waals surface area (Å²) in [6.07, 6.45) is 1.48. The molecule has 0 spiro atoms. The number of thiophene rings is 1. The summed E-state index contributed by atoms with van der Waals surface area (Å²) in [5.74, 6) is -0.986. The second-order valence-corrected chi connectivity index (χ2v) is 4.55. The molecule has 0 aromatic carbocycles. The third-order valence-corrected chi connectivity index (χ3v) is 2.99. The smallest absolute Gasteiger partial charge is 0.339 e. The van der Waals surface area contributed by atoms with E-state index in [1.807, 2.05) is 0 Å². The molecule has 0 radical (unpaired) electrons. The van der Waals surface area contributed by atoms with Crippen LogP contribution in [0.25, 0.3) is 11.3 Å². The Bertz CT molecular complexity index is 518. The van der Waals surface area contributed by atoms with Gasteiger partial charge in [0.1, 0.15) is 11.3 Å². The summed E-state index contributed by atoms with van der Waals surface area (Å²) in [6, 6.07) is 1.71. The molecular formula is C9H7ClN2O2S. The van der Waals surface area contributed by atoms with E-state index in [0.29, 0.717) is 10.0 Å². The molecule has 0 unspecified atom stereocenters. The molecule has 0 atom stereocenters. The number of halogens is 1. The molecule has 0 bridgehead atoms. The Hall–Kier alpha value is -1.33. The van der Waals surface area contributed by atoms with Crippen molar-refractivity contribution in [3.8, 4) is 11.3 Å². The molecule has 0 fully saturated rings. The molecule has 6 heteroatoms. The summed E-state index contributed by atoms with van der Waals surface area (Å²) in [7, 11) is 1.68. The SMILES string of the molecule is Cn1cc(C(=O)O)c(-c2csc(Cl)c2)n1. The van der Waals surface area contributed by atoms with E-state index >= 15 is 0 Å². The lowest BCUT2D eigenvalue weighted by molar-refractivity contribution is 0.0697. The van der Waals surface area contributed by atoms with Crippen LogP contribution < -0.4 is 0 Å². The Morgan fingerprint density at radius 1 is 1.67 bits per heavy atom. The van der Waals surface area contributed by atoms with Crippen LogP contribution in [-0.4, -0.2) is 20.9 Å². The van der Waals surface area contributed by atoms with Crippen molar-refractivity contribution in [3.63, 3.8) is 0 Å². The first kappa shape index (κ1) is 10.2. The van der Waals surface area contributed by atoms with Crippen molar-refractivity contribution in [1.82, 2.24) is 9.78 Å². The Morgan fingerprint density at radius 2 is 2.40 bits per heavy atom. The normalized spacial score (nSPS) is 10.5. The minimum Gasteiger partial charge on any atom is -0.478 e. The lowest BCUT2D eigenvalue weighted by Crippen LogP contribution is -1.95. The van der Waals surface area contributed by atoms with Gasteiger partial charge in [0.2, 0.25) is 0 Å². The molecule has 0 aliphatic rings. The summed E-state index contributed by atoms with van der Waals surface area (Å²) in [6.45, 7) is 0. The van der Waals surface area contributed by atoms with Crippen LogP contribution in [0.15, 0.2) is 17.6 Å². The number of carboxylic acid groups (broad SMARTS) is 1. The summed E-state index contributed by atoms with van der Waals surface area (Å²) in [5.41, 5.74) is 1.38. The average Bonchev–Trinajstić information content (AvgIpc) is 2.71. The van der Waals surface area contributed by atoms with Crippen LogP contribution in [0.3, 0.4) is 0 Å². The summed E-state index contributed by atoms with van der Waals surface area (Å²) in [4.78, 5) is 10.9. The number of rotatable bonds is 2.